The number of carbonyl (C=O) groups is 1. The molecule has 6 heteroatoms. The fourth-order valence-electron chi connectivity index (χ4n) is 3.92. The van der Waals surface area contributed by atoms with E-state index < -0.39 is 0 Å². The van der Waals surface area contributed by atoms with Crippen LogP contribution in [0, 0.1) is 5.82 Å². The zero-order valence-corrected chi connectivity index (χ0v) is 17.2. The number of hydrogen-bond donors (Lipinski definition) is 0. The lowest BCUT2D eigenvalue weighted by Crippen LogP contribution is -2.38. The Morgan fingerprint density at radius 2 is 2.00 bits per heavy atom. The van der Waals surface area contributed by atoms with Gasteiger partial charge in [0.05, 0.1) is 23.8 Å². The van der Waals surface area contributed by atoms with Crippen molar-refractivity contribution < 1.29 is 13.9 Å². The number of rotatable bonds is 5. The molecule has 30 heavy (non-hydrogen) atoms. The summed E-state index contributed by atoms with van der Waals surface area (Å²) < 4.78 is 20.7. The third-order valence-corrected chi connectivity index (χ3v) is 6.51. The number of aromatic nitrogens is 1. The van der Waals surface area contributed by atoms with Crippen LogP contribution in [0.3, 0.4) is 0 Å². The fraction of sp³-hybridized carbons (Fsp3) is 0.250. The van der Waals surface area contributed by atoms with Crippen molar-refractivity contribution in [2.45, 2.75) is 25.4 Å². The van der Waals surface area contributed by atoms with E-state index in [0.29, 0.717) is 23.8 Å². The Morgan fingerprint density at radius 3 is 2.80 bits per heavy atom. The maximum absolute atomic E-state index is 14.2. The van der Waals surface area contributed by atoms with Crippen molar-refractivity contribution in [1.82, 2.24) is 4.98 Å². The van der Waals surface area contributed by atoms with Gasteiger partial charge in [-0.05, 0) is 41.3 Å². The summed E-state index contributed by atoms with van der Waals surface area (Å²) in [5.41, 5.74) is 1.26. The average Bonchev–Trinajstić information content (AvgIpc) is 3.42. The van der Waals surface area contributed by atoms with E-state index in [9.17, 15) is 9.18 Å². The number of hydrogen-bond acceptors (Lipinski definition) is 4. The van der Waals surface area contributed by atoms with Gasteiger partial charge in [-0.25, -0.2) is 9.37 Å². The van der Waals surface area contributed by atoms with E-state index in [1.807, 2.05) is 36.4 Å². The first-order chi connectivity index (χ1) is 14.7. The van der Waals surface area contributed by atoms with Crippen LogP contribution < -0.4 is 4.90 Å². The van der Waals surface area contributed by atoms with Gasteiger partial charge < -0.3 is 4.74 Å². The lowest BCUT2D eigenvalue weighted by atomic mass is 10.0. The van der Waals surface area contributed by atoms with E-state index >= 15 is 0 Å². The Bertz CT molecular complexity index is 1220. The van der Waals surface area contributed by atoms with Crippen LogP contribution in [0.2, 0.25) is 0 Å². The van der Waals surface area contributed by atoms with Gasteiger partial charge in [0.25, 0.3) is 0 Å². The predicted molar refractivity (Wildman–Crippen MR) is 119 cm³/mol. The molecule has 0 radical (unpaired) electrons. The van der Waals surface area contributed by atoms with Crippen molar-refractivity contribution in [1.29, 1.82) is 0 Å². The van der Waals surface area contributed by atoms with E-state index in [2.05, 4.69) is 17.1 Å². The number of para-hydroxylation sites is 1. The number of carbonyl (C=O) groups excluding carboxylic acids is 1. The highest BCUT2D eigenvalue weighted by Gasteiger charge is 2.26. The van der Waals surface area contributed by atoms with Gasteiger partial charge in [0.2, 0.25) is 5.91 Å². The molecule has 1 saturated heterocycles. The van der Waals surface area contributed by atoms with Crippen LogP contribution >= 0.6 is 11.3 Å². The summed E-state index contributed by atoms with van der Waals surface area (Å²) in [4.78, 5) is 19.5. The predicted octanol–water partition coefficient (Wildman–Crippen LogP) is 5.34. The number of halogens is 1. The molecular weight excluding hydrogens is 399 g/mol. The monoisotopic (exact) mass is 420 g/mol. The van der Waals surface area contributed by atoms with E-state index in [1.165, 1.54) is 17.4 Å². The number of benzene rings is 3. The summed E-state index contributed by atoms with van der Waals surface area (Å²) in [6.45, 7) is 1.15. The van der Waals surface area contributed by atoms with Crippen LogP contribution in [0.15, 0.2) is 60.7 Å². The van der Waals surface area contributed by atoms with Crippen molar-refractivity contribution in [3.05, 3.63) is 72.0 Å². The molecule has 1 aromatic heterocycles. The number of anilines is 1. The average molecular weight is 421 g/mol. The topological polar surface area (TPSA) is 42.4 Å². The second-order valence-electron chi connectivity index (χ2n) is 7.58. The van der Waals surface area contributed by atoms with E-state index in [-0.39, 0.29) is 24.2 Å². The number of nitrogens with zero attached hydrogens (tertiary/aromatic N) is 2. The minimum absolute atomic E-state index is 0.0117. The third-order valence-electron chi connectivity index (χ3n) is 5.47. The molecular formula is C24H21FN2O2S. The van der Waals surface area contributed by atoms with Gasteiger partial charge in [-0.1, -0.05) is 59.9 Å². The molecule has 5 rings (SSSR count). The Kier molecular flexibility index (Phi) is 5.19. The summed E-state index contributed by atoms with van der Waals surface area (Å²) >= 11 is 1.34. The van der Waals surface area contributed by atoms with Crippen molar-refractivity contribution in [2.75, 3.05) is 18.1 Å². The van der Waals surface area contributed by atoms with Crippen molar-refractivity contribution in [3.8, 4) is 0 Å². The van der Waals surface area contributed by atoms with Crippen LogP contribution in [0.5, 0.6) is 0 Å². The molecule has 4 nitrogen and oxygen atoms in total. The number of fused-ring (bicyclic) bond motifs is 2. The quantitative estimate of drug-likeness (QED) is 0.437. The summed E-state index contributed by atoms with van der Waals surface area (Å²) in [6, 6.07) is 19.1. The second kappa shape index (κ2) is 8.13. The molecule has 2 heterocycles. The molecule has 0 saturated carbocycles. The Morgan fingerprint density at radius 1 is 1.13 bits per heavy atom. The van der Waals surface area contributed by atoms with Crippen molar-refractivity contribution in [3.63, 3.8) is 0 Å². The van der Waals surface area contributed by atoms with Crippen LogP contribution in [0.25, 0.3) is 21.0 Å². The Hall–Kier alpha value is -2.83. The molecule has 0 spiro atoms. The summed E-state index contributed by atoms with van der Waals surface area (Å²) in [6.07, 6.45) is 2.16. The van der Waals surface area contributed by atoms with Gasteiger partial charge in [0.15, 0.2) is 5.13 Å². The molecule has 1 aliphatic heterocycles. The minimum Gasteiger partial charge on any atom is -0.376 e. The molecule has 0 aliphatic carbocycles. The number of ether oxygens (including phenoxy) is 1. The van der Waals surface area contributed by atoms with Gasteiger partial charge in [-0.15, -0.1) is 0 Å². The van der Waals surface area contributed by atoms with Crippen molar-refractivity contribution in [2.24, 2.45) is 0 Å². The number of amides is 1. The first-order valence-corrected chi connectivity index (χ1v) is 10.9. The van der Waals surface area contributed by atoms with E-state index in [0.717, 1.165) is 33.9 Å². The molecule has 0 N–H and O–H groups in total. The lowest BCUT2D eigenvalue weighted by molar-refractivity contribution is -0.118. The maximum Gasteiger partial charge on any atom is 0.233 e. The smallest absolute Gasteiger partial charge is 0.233 e. The third kappa shape index (κ3) is 3.80. The van der Waals surface area contributed by atoms with Crippen LogP contribution in [0.1, 0.15) is 18.4 Å². The normalized spacial score (nSPS) is 16.4. The zero-order chi connectivity index (χ0) is 20.5. The molecule has 1 aliphatic rings. The summed E-state index contributed by atoms with van der Waals surface area (Å²) in [5, 5.41) is 2.78. The summed E-state index contributed by atoms with van der Waals surface area (Å²) in [7, 11) is 0. The van der Waals surface area contributed by atoms with Gasteiger partial charge in [-0.2, -0.15) is 0 Å². The lowest BCUT2D eigenvalue weighted by Gasteiger charge is -2.23. The second-order valence-corrected chi connectivity index (χ2v) is 8.59. The molecule has 3 aromatic carbocycles. The van der Waals surface area contributed by atoms with E-state index in [4.69, 9.17) is 4.74 Å². The van der Waals surface area contributed by atoms with Crippen molar-refractivity contribution >= 4 is 43.4 Å². The first-order valence-electron chi connectivity index (χ1n) is 10.1. The summed E-state index contributed by atoms with van der Waals surface area (Å²) in [5.74, 6) is -0.422. The molecule has 1 atom stereocenters. The molecule has 152 valence electrons. The highest BCUT2D eigenvalue weighted by Crippen LogP contribution is 2.31. The Labute approximate surface area is 177 Å². The molecule has 0 bridgehead atoms. The molecule has 1 amide bonds. The highest BCUT2D eigenvalue weighted by atomic mass is 32.1. The molecule has 1 fully saturated rings. The van der Waals surface area contributed by atoms with E-state index in [1.54, 1.807) is 11.0 Å². The largest absolute Gasteiger partial charge is 0.376 e. The number of thiazole rings is 1. The van der Waals surface area contributed by atoms with Gasteiger partial charge in [0.1, 0.15) is 11.3 Å². The molecule has 1 unspecified atom stereocenters. The van der Waals surface area contributed by atoms with Crippen LogP contribution in [-0.4, -0.2) is 30.1 Å². The first kappa shape index (κ1) is 19.2. The molecule has 4 aromatic rings. The fourth-order valence-corrected chi connectivity index (χ4v) is 4.92. The van der Waals surface area contributed by atoms with Gasteiger partial charge in [0, 0.05) is 6.61 Å². The van der Waals surface area contributed by atoms with Gasteiger partial charge in [-0.3, -0.25) is 9.69 Å². The van der Waals surface area contributed by atoms with Crippen LogP contribution in [0.4, 0.5) is 9.52 Å². The zero-order valence-electron chi connectivity index (χ0n) is 16.4. The van der Waals surface area contributed by atoms with Crippen LogP contribution in [-0.2, 0) is 16.0 Å². The Balaban J connectivity index is 1.46. The highest BCUT2D eigenvalue weighted by molar-refractivity contribution is 7.22. The van der Waals surface area contributed by atoms with Gasteiger partial charge >= 0.3 is 0 Å². The standard InChI is InChI=1S/C24H21FN2O2S/c25-20-8-3-9-21-23(20)26-24(30-21)27(15-19-7-4-12-29-19)22(28)14-16-10-11-17-5-1-2-6-18(17)13-16/h1-3,5-6,8-11,13,19H,4,7,12,14-15H2. The maximum atomic E-state index is 14.2. The SMILES string of the molecule is O=C(Cc1ccc2ccccc2c1)N(CC1CCCO1)c1nc2c(F)cccc2s1. The minimum atomic E-state index is -0.367.